The van der Waals surface area contributed by atoms with Gasteiger partial charge < -0.3 is 15.6 Å². The zero-order valence-corrected chi connectivity index (χ0v) is 11.6. The Balaban J connectivity index is 0.00000112. The van der Waals surface area contributed by atoms with Crippen LogP contribution >= 0.6 is 0 Å². The van der Waals surface area contributed by atoms with Gasteiger partial charge in [-0.05, 0) is 31.8 Å². The first-order chi connectivity index (χ1) is 6.95. The number of hydrogen-bond acceptors (Lipinski definition) is 3. The smallest absolute Gasteiger partial charge is 0.436 e. The minimum Gasteiger partial charge on any atom is -0.436 e. The van der Waals surface area contributed by atoms with Crippen molar-refractivity contribution in [3.63, 3.8) is 0 Å². The van der Waals surface area contributed by atoms with E-state index in [1.54, 1.807) is 6.20 Å². The minimum absolute atomic E-state index is 0. The van der Waals surface area contributed by atoms with E-state index >= 15 is 0 Å². The summed E-state index contributed by atoms with van der Waals surface area (Å²) in [6, 6.07) is 3.87. The number of nitrogens with zero attached hydrogens (tertiary/aromatic N) is 1. The minimum atomic E-state index is 0. The van der Waals surface area contributed by atoms with Gasteiger partial charge in [-0.15, -0.1) is 12.1 Å². The van der Waals surface area contributed by atoms with Crippen LogP contribution in [0.2, 0.25) is 0 Å². The second-order valence-corrected chi connectivity index (χ2v) is 3.75. The van der Waals surface area contributed by atoms with Crippen LogP contribution in [-0.4, -0.2) is 24.6 Å². The summed E-state index contributed by atoms with van der Waals surface area (Å²) >= 11 is 0. The molecule has 0 aliphatic carbocycles. The third-order valence-electron chi connectivity index (χ3n) is 2.68. The van der Waals surface area contributed by atoms with Crippen LogP contribution in [0.4, 0.5) is 5.69 Å². The van der Waals surface area contributed by atoms with Gasteiger partial charge in [0.25, 0.3) is 0 Å². The Kier molecular flexibility index (Phi) is 5.88. The summed E-state index contributed by atoms with van der Waals surface area (Å²) in [6.07, 6.45) is 7.15. The van der Waals surface area contributed by atoms with Crippen LogP contribution in [0.1, 0.15) is 12.8 Å². The van der Waals surface area contributed by atoms with Crippen molar-refractivity contribution in [3.05, 3.63) is 24.5 Å². The van der Waals surface area contributed by atoms with Crippen LogP contribution in [0.25, 0.3) is 0 Å². The van der Waals surface area contributed by atoms with Crippen molar-refractivity contribution in [1.82, 2.24) is 10.3 Å². The number of aromatic nitrogens is 1. The molecule has 2 heterocycles. The van der Waals surface area contributed by atoms with Crippen LogP contribution in [0, 0.1) is 12.1 Å². The molecule has 1 saturated heterocycles. The zero-order chi connectivity index (χ0) is 9.64. The molecule has 0 aromatic carbocycles. The summed E-state index contributed by atoms with van der Waals surface area (Å²) in [5, 5.41) is 6.78. The molecule has 80 valence electrons. The molecule has 2 N–H and O–H groups in total. The van der Waals surface area contributed by atoms with E-state index < -0.39 is 0 Å². The number of nitrogens with one attached hydrogen (secondary N) is 2. The Bertz CT molecular complexity index is 260. The first-order valence-electron chi connectivity index (χ1n) is 5.22. The molecular formula is C11H16N3W+. The van der Waals surface area contributed by atoms with Gasteiger partial charge in [-0.25, -0.2) is 0 Å². The fourth-order valence-corrected chi connectivity index (χ4v) is 1.77. The number of hydrogen-bond donors (Lipinski definition) is 2. The molecule has 0 atom stereocenters. The molecule has 4 heteroatoms. The van der Waals surface area contributed by atoms with Crippen molar-refractivity contribution in [3.8, 4) is 0 Å². The second-order valence-electron chi connectivity index (χ2n) is 3.75. The summed E-state index contributed by atoms with van der Waals surface area (Å²) in [5.41, 5.74) is 1.12. The fourth-order valence-electron chi connectivity index (χ4n) is 1.77. The van der Waals surface area contributed by atoms with Crippen molar-refractivity contribution in [1.29, 1.82) is 0 Å². The number of piperidine rings is 1. The maximum atomic E-state index is 3.87. The summed E-state index contributed by atoms with van der Waals surface area (Å²) in [4.78, 5) is 3.87. The van der Waals surface area contributed by atoms with Crippen molar-refractivity contribution < 1.29 is 21.1 Å². The molecule has 0 amide bonds. The van der Waals surface area contributed by atoms with Gasteiger partial charge in [0.05, 0.1) is 0 Å². The van der Waals surface area contributed by atoms with E-state index in [-0.39, 0.29) is 21.1 Å². The molecule has 2 rings (SSSR count). The zero-order valence-electron chi connectivity index (χ0n) is 8.70. The Morgan fingerprint density at radius 1 is 1.47 bits per heavy atom. The quantitative estimate of drug-likeness (QED) is 0.784. The van der Waals surface area contributed by atoms with Gasteiger partial charge in [0.15, 0.2) is 0 Å². The molecule has 1 aliphatic heterocycles. The number of rotatable bonds is 3. The Morgan fingerprint density at radius 2 is 2.27 bits per heavy atom. The van der Waals surface area contributed by atoms with Gasteiger partial charge in [-0.3, -0.25) is 0 Å². The predicted octanol–water partition coefficient (Wildman–Crippen LogP) is 1.29. The van der Waals surface area contributed by atoms with E-state index in [2.05, 4.69) is 21.8 Å². The Hall–Kier alpha value is -0.402. The normalized spacial score (nSPS) is 16.8. The Morgan fingerprint density at radius 3 is 2.93 bits per heavy atom. The number of anilines is 1. The molecule has 1 aliphatic rings. The van der Waals surface area contributed by atoms with Crippen molar-refractivity contribution >= 4 is 5.69 Å². The van der Waals surface area contributed by atoms with Crippen molar-refractivity contribution in [2.45, 2.75) is 12.8 Å². The maximum absolute atomic E-state index is 3.87. The van der Waals surface area contributed by atoms with E-state index in [1.165, 1.54) is 12.8 Å². The van der Waals surface area contributed by atoms with Crippen LogP contribution in [0.5, 0.6) is 0 Å². The summed E-state index contributed by atoms with van der Waals surface area (Å²) < 4.78 is 0. The fraction of sp³-hybridized carbons (Fsp3) is 0.545. The molecule has 0 unspecified atom stereocenters. The van der Waals surface area contributed by atoms with Crippen molar-refractivity contribution in [2.75, 3.05) is 25.0 Å². The molecule has 1 aromatic rings. The van der Waals surface area contributed by atoms with Crippen molar-refractivity contribution in [2.24, 2.45) is 5.92 Å². The SMILES string of the molecule is [W+2].[c-]1cc(NCC2CCNCC2)ccn1. The second kappa shape index (κ2) is 6.97. The van der Waals surface area contributed by atoms with E-state index in [1.807, 2.05) is 12.1 Å². The molecule has 0 spiro atoms. The topological polar surface area (TPSA) is 37.0 Å². The molecule has 1 fully saturated rings. The molecule has 0 bridgehead atoms. The molecule has 1 aromatic heterocycles. The summed E-state index contributed by atoms with van der Waals surface area (Å²) in [7, 11) is 0. The standard InChI is InChI=1S/C11H16N3.W/c1-5-12-6-2-10(1)9-14-11-3-7-13-8-4-11;/h3-4,7,10,12H,1-2,5-6,9H2,(H,13,14);/q-1;+2. The summed E-state index contributed by atoms with van der Waals surface area (Å²) in [5.74, 6) is 0.810. The average molecular weight is 374 g/mol. The molecule has 0 saturated carbocycles. The van der Waals surface area contributed by atoms with E-state index in [0.717, 1.165) is 31.2 Å². The molecule has 0 radical (unpaired) electrons. The van der Waals surface area contributed by atoms with Gasteiger partial charge in [0.2, 0.25) is 0 Å². The largest absolute Gasteiger partial charge is 2.00 e. The van der Waals surface area contributed by atoms with Crippen LogP contribution in [-0.2, 0) is 21.1 Å². The van der Waals surface area contributed by atoms with Crippen LogP contribution in [0.3, 0.4) is 0 Å². The third kappa shape index (κ3) is 4.31. The summed E-state index contributed by atoms with van der Waals surface area (Å²) in [6.45, 7) is 3.39. The van der Waals surface area contributed by atoms with Crippen LogP contribution in [0.15, 0.2) is 18.3 Å². The van der Waals surface area contributed by atoms with Crippen LogP contribution < -0.4 is 10.6 Å². The van der Waals surface area contributed by atoms with Gasteiger partial charge in [-0.1, -0.05) is 18.1 Å². The monoisotopic (exact) mass is 374 g/mol. The van der Waals surface area contributed by atoms with Gasteiger partial charge in [0.1, 0.15) is 0 Å². The molecular weight excluding hydrogens is 358 g/mol. The van der Waals surface area contributed by atoms with E-state index in [9.17, 15) is 0 Å². The molecule has 3 nitrogen and oxygen atoms in total. The maximum Gasteiger partial charge on any atom is 2.00 e. The molecule has 15 heavy (non-hydrogen) atoms. The van der Waals surface area contributed by atoms with Gasteiger partial charge in [-0.2, -0.15) is 0 Å². The Labute approximate surface area is 105 Å². The number of pyridine rings is 1. The van der Waals surface area contributed by atoms with E-state index in [0.29, 0.717) is 0 Å². The first kappa shape index (κ1) is 12.7. The van der Waals surface area contributed by atoms with Gasteiger partial charge in [0, 0.05) is 6.54 Å². The first-order valence-corrected chi connectivity index (χ1v) is 5.22. The van der Waals surface area contributed by atoms with Gasteiger partial charge >= 0.3 is 21.1 Å². The third-order valence-corrected chi connectivity index (χ3v) is 2.68. The predicted molar refractivity (Wildman–Crippen MR) is 57.2 cm³/mol. The van der Waals surface area contributed by atoms with E-state index in [4.69, 9.17) is 0 Å². The average Bonchev–Trinajstić information content (AvgIpc) is 2.29.